The normalized spacial score (nSPS) is 11.4. The first-order valence-corrected chi connectivity index (χ1v) is 9.15. The molecule has 0 bridgehead atoms. The molecule has 0 fully saturated rings. The van der Waals surface area contributed by atoms with Crippen molar-refractivity contribution in [2.75, 3.05) is 7.05 Å². The van der Waals surface area contributed by atoms with Crippen molar-refractivity contribution in [1.82, 2.24) is 10.0 Å². The first kappa shape index (κ1) is 16.7. The summed E-state index contributed by atoms with van der Waals surface area (Å²) in [4.78, 5) is 12.8. The molecule has 2 rings (SSSR count). The molecule has 1 heterocycles. The van der Waals surface area contributed by atoms with Crippen LogP contribution in [0.4, 0.5) is 0 Å². The largest absolute Gasteiger partial charge is 0.347 e. The highest BCUT2D eigenvalue weighted by molar-refractivity contribution is 7.91. The maximum absolute atomic E-state index is 12.0. The molecule has 0 aliphatic carbocycles. The quantitative estimate of drug-likeness (QED) is 0.847. The second-order valence-corrected chi connectivity index (χ2v) is 7.94. The van der Waals surface area contributed by atoms with Crippen molar-refractivity contribution in [3.8, 4) is 0 Å². The van der Waals surface area contributed by atoms with E-state index in [4.69, 9.17) is 0 Å². The van der Waals surface area contributed by atoms with E-state index < -0.39 is 10.0 Å². The molecule has 1 aromatic heterocycles. The second kappa shape index (κ2) is 7.04. The first-order valence-electron chi connectivity index (χ1n) is 6.85. The number of carbonyl (C=O) groups excluding carboxylic acids is 1. The number of sulfonamides is 1. The average Bonchev–Trinajstić information content (AvgIpc) is 3.02. The third-order valence-electron chi connectivity index (χ3n) is 3.22. The van der Waals surface area contributed by atoms with Crippen LogP contribution in [0.1, 0.15) is 27.7 Å². The van der Waals surface area contributed by atoms with Gasteiger partial charge in [-0.2, -0.15) is 0 Å². The van der Waals surface area contributed by atoms with Crippen LogP contribution in [0.15, 0.2) is 40.6 Å². The van der Waals surface area contributed by atoms with Crippen molar-refractivity contribution in [2.45, 2.75) is 24.1 Å². The lowest BCUT2D eigenvalue weighted by molar-refractivity contribution is 0.0951. The van der Waals surface area contributed by atoms with Gasteiger partial charge in [0, 0.05) is 10.4 Å². The van der Waals surface area contributed by atoms with Gasteiger partial charge in [0.1, 0.15) is 4.21 Å². The zero-order valence-electron chi connectivity index (χ0n) is 12.4. The van der Waals surface area contributed by atoms with E-state index in [0.717, 1.165) is 22.6 Å². The van der Waals surface area contributed by atoms with Gasteiger partial charge in [-0.3, -0.25) is 4.79 Å². The summed E-state index contributed by atoms with van der Waals surface area (Å²) in [6.07, 6.45) is 0.930. The Hall–Kier alpha value is -1.70. The third kappa shape index (κ3) is 3.94. The van der Waals surface area contributed by atoms with Gasteiger partial charge < -0.3 is 5.32 Å². The Kier molecular flexibility index (Phi) is 5.33. The number of hydrogen-bond donors (Lipinski definition) is 2. The lowest BCUT2D eigenvalue weighted by atomic mass is 10.1. The predicted molar refractivity (Wildman–Crippen MR) is 87.6 cm³/mol. The number of aryl methyl sites for hydroxylation is 1. The number of amides is 1. The van der Waals surface area contributed by atoms with Gasteiger partial charge in [0.25, 0.3) is 5.91 Å². The molecule has 118 valence electrons. The Bertz CT molecular complexity index is 749. The lowest BCUT2D eigenvalue weighted by Gasteiger charge is -2.04. The molecule has 5 nitrogen and oxygen atoms in total. The standard InChI is InChI=1S/C15H18N2O3S2/c1-3-11-4-6-12(7-5-11)15(18)17-10-13-8-9-14(21-13)22(19,20)16-2/h4-9,16H,3,10H2,1-2H3,(H,17,18). The van der Waals surface area contributed by atoms with Crippen molar-refractivity contribution in [3.63, 3.8) is 0 Å². The fourth-order valence-corrected chi connectivity index (χ4v) is 3.99. The van der Waals surface area contributed by atoms with Gasteiger partial charge in [0.05, 0.1) is 6.54 Å². The number of rotatable bonds is 6. The van der Waals surface area contributed by atoms with E-state index in [-0.39, 0.29) is 10.1 Å². The fourth-order valence-electron chi connectivity index (χ4n) is 1.86. The molecule has 22 heavy (non-hydrogen) atoms. The highest BCUT2D eigenvalue weighted by atomic mass is 32.2. The smallest absolute Gasteiger partial charge is 0.251 e. The van der Waals surface area contributed by atoms with Crippen LogP contribution in [0, 0.1) is 0 Å². The van der Waals surface area contributed by atoms with E-state index in [1.165, 1.54) is 18.7 Å². The molecule has 0 aliphatic rings. The molecule has 1 amide bonds. The van der Waals surface area contributed by atoms with E-state index in [2.05, 4.69) is 17.0 Å². The Labute approximate surface area is 134 Å². The summed E-state index contributed by atoms with van der Waals surface area (Å²) in [5.74, 6) is -0.172. The fraction of sp³-hybridized carbons (Fsp3) is 0.267. The number of nitrogens with one attached hydrogen (secondary N) is 2. The van der Waals surface area contributed by atoms with Crippen LogP contribution in [0.2, 0.25) is 0 Å². The Morgan fingerprint density at radius 3 is 2.41 bits per heavy atom. The molecule has 0 saturated carbocycles. The van der Waals surface area contributed by atoms with E-state index >= 15 is 0 Å². The maximum Gasteiger partial charge on any atom is 0.251 e. The van der Waals surface area contributed by atoms with Crippen LogP contribution >= 0.6 is 11.3 Å². The molecule has 0 unspecified atom stereocenters. The SMILES string of the molecule is CCc1ccc(C(=O)NCc2ccc(S(=O)(=O)NC)s2)cc1. The van der Waals surface area contributed by atoms with Crippen LogP contribution in [0.25, 0.3) is 0 Å². The summed E-state index contributed by atoms with van der Waals surface area (Å²) in [7, 11) is -2.05. The van der Waals surface area contributed by atoms with Gasteiger partial charge in [0.2, 0.25) is 10.0 Å². The predicted octanol–water partition coefficient (Wildman–Crippen LogP) is 2.15. The molecule has 0 saturated heterocycles. The minimum atomic E-state index is -3.42. The number of hydrogen-bond acceptors (Lipinski definition) is 4. The summed E-state index contributed by atoms with van der Waals surface area (Å²) in [6, 6.07) is 10.7. The highest BCUT2D eigenvalue weighted by Crippen LogP contribution is 2.21. The molecular formula is C15H18N2O3S2. The maximum atomic E-state index is 12.0. The Morgan fingerprint density at radius 1 is 1.14 bits per heavy atom. The van der Waals surface area contributed by atoms with E-state index in [1.54, 1.807) is 18.2 Å². The van der Waals surface area contributed by atoms with Crippen LogP contribution < -0.4 is 10.0 Å². The third-order valence-corrected chi connectivity index (χ3v) is 6.21. The first-order chi connectivity index (χ1) is 10.5. The van der Waals surface area contributed by atoms with Crippen LogP contribution in [-0.2, 0) is 23.0 Å². The Balaban J connectivity index is 1.99. The zero-order valence-corrected chi connectivity index (χ0v) is 14.1. The molecular weight excluding hydrogens is 320 g/mol. The molecule has 2 N–H and O–H groups in total. The molecule has 7 heteroatoms. The van der Waals surface area contributed by atoms with Gasteiger partial charge in [-0.25, -0.2) is 13.1 Å². The molecule has 0 aliphatic heterocycles. The second-order valence-electron chi connectivity index (χ2n) is 4.66. The number of carbonyl (C=O) groups is 1. The Morgan fingerprint density at radius 2 is 1.82 bits per heavy atom. The minimum Gasteiger partial charge on any atom is -0.347 e. The topological polar surface area (TPSA) is 75.3 Å². The van der Waals surface area contributed by atoms with Crippen molar-refractivity contribution in [3.05, 3.63) is 52.4 Å². The number of benzene rings is 1. The monoisotopic (exact) mass is 338 g/mol. The van der Waals surface area contributed by atoms with E-state index in [1.807, 2.05) is 12.1 Å². The van der Waals surface area contributed by atoms with Crippen LogP contribution in [-0.4, -0.2) is 21.4 Å². The lowest BCUT2D eigenvalue weighted by Crippen LogP contribution is -2.22. The van der Waals surface area contributed by atoms with Crippen LogP contribution in [0.3, 0.4) is 0 Å². The van der Waals surface area contributed by atoms with E-state index in [9.17, 15) is 13.2 Å². The summed E-state index contributed by atoms with van der Waals surface area (Å²) in [6.45, 7) is 2.36. The van der Waals surface area contributed by atoms with Gasteiger partial charge in [-0.1, -0.05) is 19.1 Å². The summed E-state index contributed by atoms with van der Waals surface area (Å²) in [5.41, 5.74) is 1.77. The number of thiophene rings is 1. The summed E-state index contributed by atoms with van der Waals surface area (Å²) < 4.78 is 25.8. The summed E-state index contributed by atoms with van der Waals surface area (Å²) >= 11 is 1.14. The van der Waals surface area contributed by atoms with Crippen molar-refractivity contribution in [1.29, 1.82) is 0 Å². The highest BCUT2D eigenvalue weighted by Gasteiger charge is 2.14. The minimum absolute atomic E-state index is 0.172. The van der Waals surface area contributed by atoms with Crippen molar-refractivity contribution < 1.29 is 13.2 Å². The van der Waals surface area contributed by atoms with Crippen molar-refractivity contribution in [2.24, 2.45) is 0 Å². The van der Waals surface area contributed by atoms with Crippen LogP contribution in [0.5, 0.6) is 0 Å². The molecule has 0 spiro atoms. The summed E-state index contributed by atoms with van der Waals surface area (Å²) in [5, 5.41) is 2.79. The molecule has 0 atom stereocenters. The molecule has 1 aromatic carbocycles. The van der Waals surface area contributed by atoms with Gasteiger partial charge in [0.15, 0.2) is 0 Å². The average molecular weight is 338 g/mol. The van der Waals surface area contributed by atoms with Gasteiger partial charge in [-0.05, 0) is 43.3 Å². The van der Waals surface area contributed by atoms with Gasteiger partial charge >= 0.3 is 0 Å². The van der Waals surface area contributed by atoms with E-state index in [0.29, 0.717) is 12.1 Å². The zero-order chi connectivity index (χ0) is 16.2. The van der Waals surface area contributed by atoms with Crippen molar-refractivity contribution >= 4 is 27.3 Å². The molecule has 2 aromatic rings. The van der Waals surface area contributed by atoms with Gasteiger partial charge in [-0.15, -0.1) is 11.3 Å². The molecule has 0 radical (unpaired) electrons.